The van der Waals surface area contributed by atoms with Crippen molar-refractivity contribution in [2.75, 3.05) is 52.1 Å². The molecule has 3 saturated heterocycles. The summed E-state index contributed by atoms with van der Waals surface area (Å²) in [5.41, 5.74) is 0. The quantitative estimate of drug-likeness (QED) is 0.636. The molecule has 0 aromatic carbocycles. The smallest absolute Gasteiger partial charge is 0.251 e. The monoisotopic (exact) mass is 345 g/mol. The van der Waals surface area contributed by atoms with Crippen molar-refractivity contribution < 1.29 is 22.7 Å². The summed E-state index contributed by atoms with van der Waals surface area (Å²) in [4.78, 5) is 28.1. The van der Waals surface area contributed by atoms with Crippen LogP contribution in [0.1, 0.15) is 12.8 Å². The first kappa shape index (κ1) is 16.7. The molecule has 3 rings (SSSR count). The zero-order chi connectivity index (χ0) is 16.6. The molecule has 1 atom stereocenters. The van der Waals surface area contributed by atoms with Crippen LogP contribution >= 0.6 is 0 Å². The van der Waals surface area contributed by atoms with Gasteiger partial charge in [-0.25, -0.2) is 12.7 Å². The molecule has 2 amide bonds. The van der Waals surface area contributed by atoms with E-state index >= 15 is 0 Å². The van der Waals surface area contributed by atoms with Crippen LogP contribution in [0.5, 0.6) is 0 Å². The number of piperazine rings is 1. The summed E-state index contributed by atoms with van der Waals surface area (Å²) in [6.07, 6.45) is 2.55. The number of ether oxygens (including phenoxy) is 1. The fourth-order valence-corrected chi connectivity index (χ4v) is 4.15. The number of sulfonamides is 1. The summed E-state index contributed by atoms with van der Waals surface area (Å²) in [6, 6.07) is 0. The van der Waals surface area contributed by atoms with E-state index < -0.39 is 10.0 Å². The Morgan fingerprint density at radius 3 is 2.04 bits per heavy atom. The Labute approximate surface area is 136 Å². The Bertz CT molecular complexity index is 573. The zero-order valence-electron chi connectivity index (χ0n) is 13.3. The second-order valence-corrected chi connectivity index (χ2v) is 8.41. The van der Waals surface area contributed by atoms with E-state index in [1.165, 1.54) is 4.31 Å². The molecule has 0 saturated carbocycles. The molecule has 3 aliphatic heterocycles. The maximum atomic E-state index is 12.4. The van der Waals surface area contributed by atoms with Crippen LogP contribution in [-0.2, 0) is 24.3 Å². The summed E-state index contributed by atoms with van der Waals surface area (Å²) < 4.78 is 29.4. The van der Waals surface area contributed by atoms with Crippen LogP contribution < -0.4 is 0 Å². The van der Waals surface area contributed by atoms with E-state index in [2.05, 4.69) is 0 Å². The minimum Gasteiger partial charge on any atom is -0.368 e. The van der Waals surface area contributed by atoms with E-state index in [1.807, 2.05) is 0 Å². The van der Waals surface area contributed by atoms with Gasteiger partial charge in [0.15, 0.2) is 0 Å². The second kappa shape index (κ2) is 6.37. The Morgan fingerprint density at radius 2 is 1.57 bits per heavy atom. The third-order valence-corrected chi connectivity index (χ3v) is 6.01. The Hall–Kier alpha value is -1.19. The van der Waals surface area contributed by atoms with Crippen molar-refractivity contribution in [1.82, 2.24) is 14.1 Å². The number of carbonyl (C=O) groups excluding carboxylic acids is 2. The topological polar surface area (TPSA) is 87.2 Å². The Balaban J connectivity index is 1.46. The summed E-state index contributed by atoms with van der Waals surface area (Å²) >= 11 is 0. The van der Waals surface area contributed by atoms with Gasteiger partial charge in [0.05, 0.1) is 12.2 Å². The molecule has 0 unspecified atom stereocenters. The first-order valence-electron chi connectivity index (χ1n) is 8.00. The van der Waals surface area contributed by atoms with Gasteiger partial charge in [-0.1, -0.05) is 0 Å². The molecule has 8 nitrogen and oxygen atoms in total. The molecule has 0 aromatic heterocycles. The van der Waals surface area contributed by atoms with E-state index in [0.29, 0.717) is 32.8 Å². The molecule has 23 heavy (non-hydrogen) atoms. The van der Waals surface area contributed by atoms with Crippen molar-refractivity contribution in [2.45, 2.75) is 18.9 Å². The first-order chi connectivity index (χ1) is 10.9. The van der Waals surface area contributed by atoms with Crippen LogP contribution in [0, 0.1) is 5.92 Å². The molecule has 3 heterocycles. The average Bonchev–Trinajstić information content (AvgIpc) is 2.97. The van der Waals surface area contributed by atoms with Gasteiger partial charge in [0.25, 0.3) is 5.91 Å². The van der Waals surface area contributed by atoms with Crippen LogP contribution in [-0.4, -0.2) is 92.6 Å². The molecule has 0 aromatic rings. The lowest BCUT2D eigenvalue weighted by Crippen LogP contribution is -2.59. The lowest BCUT2D eigenvalue weighted by Gasteiger charge is -2.41. The molecule has 0 aliphatic carbocycles. The maximum absolute atomic E-state index is 12.4. The van der Waals surface area contributed by atoms with Crippen LogP contribution in [0.3, 0.4) is 0 Å². The largest absolute Gasteiger partial charge is 0.368 e. The molecule has 9 heteroatoms. The van der Waals surface area contributed by atoms with Crippen molar-refractivity contribution in [3.63, 3.8) is 0 Å². The van der Waals surface area contributed by atoms with Crippen LogP contribution in [0.2, 0.25) is 0 Å². The van der Waals surface area contributed by atoms with Gasteiger partial charge >= 0.3 is 0 Å². The van der Waals surface area contributed by atoms with E-state index in [1.54, 1.807) is 9.80 Å². The lowest BCUT2D eigenvalue weighted by atomic mass is 10.0. The van der Waals surface area contributed by atoms with Crippen molar-refractivity contribution in [2.24, 2.45) is 5.92 Å². The van der Waals surface area contributed by atoms with Gasteiger partial charge in [0, 0.05) is 45.9 Å². The molecule has 3 fully saturated rings. The molecule has 0 N–H and O–H groups in total. The van der Waals surface area contributed by atoms with E-state index in [9.17, 15) is 18.0 Å². The minimum absolute atomic E-state index is 0.00545. The summed E-state index contributed by atoms with van der Waals surface area (Å²) in [6.45, 7) is 3.24. The molecule has 0 radical (unpaired) electrons. The highest BCUT2D eigenvalue weighted by molar-refractivity contribution is 7.88. The first-order valence-corrected chi connectivity index (χ1v) is 9.85. The Kier molecular flexibility index (Phi) is 4.61. The van der Waals surface area contributed by atoms with Crippen LogP contribution in [0.25, 0.3) is 0 Å². The third-order valence-electron chi connectivity index (χ3n) is 4.77. The fourth-order valence-electron chi connectivity index (χ4n) is 3.25. The number of carbonyl (C=O) groups is 2. The normalized spacial score (nSPS) is 27.1. The van der Waals surface area contributed by atoms with Crippen LogP contribution in [0.4, 0.5) is 0 Å². The Morgan fingerprint density at radius 1 is 1.00 bits per heavy atom. The predicted octanol–water partition coefficient (Wildman–Crippen LogP) is -1.27. The SMILES string of the molecule is CS(=O)(=O)N1CC(C(=O)N2CCN(C(=O)[C@@H]3CCCO3)CC2)C1. The number of hydrogen-bond donors (Lipinski definition) is 0. The fraction of sp³-hybridized carbons (Fsp3) is 0.857. The van der Waals surface area contributed by atoms with Gasteiger partial charge < -0.3 is 14.5 Å². The highest BCUT2D eigenvalue weighted by atomic mass is 32.2. The van der Waals surface area contributed by atoms with Crippen molar-refractivity contribution in [1.29, 1.82) is 0 Å². The van der Waals surface area contributed by atoms with Gasteiger partial charge in [-0.2, -0.15) is 0 Å². The van der Waals surface area contributed by atoms with Crippen molar-refractivity contribution >= 4 is 21.8 Å². The van der Waals surface area contributed by atoms with Crippen molar-refractivity contribution in [3.05, 3.63) is 0 Å². The summed E-state index contributed by atoms with van der Waals surface area (Å²) in [7, 11) is -3.20. The minimum atomic E-state index is -3.20. The van der Waals surface area contributed by atoms with E-state index in [0.717, 1.165) is 19.1 Å². The number of nitrogens with zero attached hydrogens (tertiary/aromatic N) is 3. The highest BCUT2D eigenvalue weighted by Gasteiger charge is 2.40. The average molecular weight is 345 g/mol. The lowest BCUT2D eigenvalue weighted by molar-refractivity contribution is -0.148. The second-order valence-electron chi connectivity index (χ2n) is 6.43. The predicted molar refractivity (Wildman–Crippen MR) is 82.0 cm³/mol. The van der Waals surface area contributed by atoms with Crippen molar-refractivity contribution in [3.8, 4) is 0 Å². The van der Waals surface area contributed by atoms with Crippen LogP contribution in [0.15, 0.2) is 0 Å². The standard InChI is InChI=1S/C14H23N3O5S/c1-23(20,21)17-9-11(10-17)13(18)15-4-6-16(7-5-15)14(19)12-3-2-8-22-12/h11-12H,2-10H2,1H3/t12-/m0/s1. The van der Waals surface area contributed by atoms with Gasteiger partial charge in [-0.15, -0.1) is 0 Å². The third kappa shape index (κ3) is 3.51. The molecule has 0 spiro atoms. The molecule has 0 bridgehead atoms. The van der Waals surface area contributed by atoms with Gasteiger partial charge in [0.1, 0.15) is 6.10 Å². The van der Waals surface area contributed by atoms with Gasteiger partial charge in [-0.05, 0) is 12.8 Å². The maximum Gasteiger partial charge on any atom is 0.251 e. The number of hydrogen-bond acceptors (Lipinski definition) is 5. The number of rotatable bonds is 3. The van der Waals surface area contributed by atoms with E-state index in [4.69, 9.17) is 4.74 Å². The molecule has 3 aliphatic rings. The molecular formula is C14H23N3O5S. The summed E-state index contributed by atoms with van der Waals surface area (Å²) in [5.74, 6) is -0.222. The van der Waals surface area contributed by atoms with E-state index in [-0.39, 0.29) is 36.9 Å². The zero-order valence-corrected chi connectivity index (χ0v) is 14.1. The number of amides is 2. The van der Waals surface area contributed by atoms with Gasteiger partial charge in [0.2, 0.25) is 15.9 Å². The molecule has 130 valence electrons. The summed E-state index contributed by atoms with van der Waals surface area (Å²) in [5, 5.41) is 0. The highest BCUT2D eigenvalue weighted by Crippen LogP contribution is 2.22. The molecular weight excluding hydrogens is 322 g/mol. The van der Waals surface area contributed by atoms with Gasteiger partial charge in [-0.3, -0.25) is 9.59 Å².